The van der Waals surface area contributed by atoms with Gasteiger partial charge in [-0.2, -0.15) is 0 Å². The van der Waals surface area contributed by atoms with Crippen LogP contribution in [0.3, 0.4) is 0 Å². The first-order valence-electron chi connectivity index (χ1n) is 6.50. The first-order valence-corrected chi connectivity index (χ1v) is 6.50. The average molecular weight is 258 g/mol. The minimum absolute atomic E-state index is 0.0424. The van der Waals surface area contributed by atoms with E-state index in [0.717, 1.165) is 19.3 Å². The van der Waals surface area contributed by atoms with Gasteiger partial charge < -0.3 is 20.9 Å². The SMILES string of the molecule is CC(C)(C)OC(=O)NC1(C(C)(CN)CO)CCC1. The van der Waals surface area contributed by atoms with Gasteiger partial charge in [0.2, 0.25) is 0 Å². The Bertz CT molecular complexity index is 302. The first kappa shape index (κ1) is 15.2. The average Bonchev–Trinajstić information content (AvgIpc) is 2.19. The molecule has 0 aromatic heterocycles. The molecule has 106 valence electrons. The highest BCUT2D eigenvalue weighted by atomic mass is 16.6. The number of nitrogens with two attached hydrogens (primary N) is 1. The van der Waals surface area contributed by atoms with E-state index in [9.17, 15) is 9.90 Å². The molecule has 0 aromatic carbocycles. The van der Waals surface area contributed by atoms with E-state index >= 15 is 0 Å². The Balaban J connectivity index is 2.75. The Morgan fingerprint density at radius 1 is 1.39 bits per heavy atom. The number of rotatable bonds is 4. The zero-order valence-electron chi connectivity index (χ0n) is 11.9. The zero-order valence-corrected chi connectivity index (χ0v) is 11.9. The minimum atomic E-state index is -0.520. The molecule has 1 amide bonds. The first-order chi connectivity index (χ1) is 8.18. The molecule has 0 aromatic rings. The van der Waals surface area contributed by atoms with Crippen LogP contribution in [0, 0.1) is 5.41 Å². The summed E-state index contributed by atoms with van der Waals surface area (Å²) in [5, 5.41) is 12.5. The van der Waals surface area contributed by atoms with Gasteiger partial charge in [-0.1, -0.05) is 6.92 Å². The molecule has 1 atom stereocenters. The van der Waals surface area contributed by atoms with Gasteiger partial charge in [0.1, 0.15) is 5.60 Å². The summed E-state index contributed by atoms with van der Waals surface area (Å²) in [6.07, 6.45) is 2.27. The van der Waals surface area contributed by atoms with Crippen LogP contribution in [0.2, 0.25) is 0 Å². The monoisotopic (exact) mass is 258 g/mol. The largest absolute Gasteiger partial charge is 0.444 e. The third kappa shape index (κ3) is 2.95. The summed E-state index contributed by atoms with van der Waals surface area (Å²) < 4.78 is 5.28. The van der Waals surface area contributed by atoms with Crippen LogP contribution in [0.4, 0.5) is 4.79 Å². The predicted octanol–water partition coefficient (Wildman–Crippen LogP) is 1.39. The molecule has 1 aliphatic carbocycles. The van der Waals surface area contributed by atoms with Crippen molar-refractivity contribution in [3.63, 3.8) is 0 Å². The number of alkyl carbamates (subject to hydrolysis) is 1. The van der Waals surface area contributed by atoms with Crippen molar-refractivity contribution in [1.82, 2.24) is 5.32 Å². The Labute approximate surface area is 109 Å². The normalized spacial score (nSPS) is 21.7. The summed E-state index contributed by atoms with van der Waals surface area (Å²) in [5.74, 6) is 0. The van der Waals surface area contributed by atoms with E-state index in [2.05, 4.69) is 5.32 Å². The second-order valence-electron chi connectivity index (χ2n) is 6.49. The molecule has 1 rings (SSSR count). The van der Waals surface area contributed by atoms with E-state index in [4.69, 9.17) is 10.5 Å². The van der Waals surface area contributed by atoms with Gasteiger partial charge in [0.15, 0.2) is 0 Å². The van der Waals surface area contributed by atoms with E-state index in [1.54, 1.807) is 0 Å². The molecule has 5 heteroatoms. The van der Waals surface area contributed by atoms with E-state index in [0.29, 0.717) is 6.54 Å². The van der Waals surface area contributed by atoms with Crippen LogP contribution < -0.4 is 11.1 Å². The molecule has 1 saturated carbocycles. The molecular weight excluding hydrogens is 232 g/mol. The maximum atomic E-state index is 11.9. The molecule has 0 saturated heterocycles. The van der Waals surface area contributed by atoms with Crippen molar-refractivity contribution in [2.24, 2.45) is 11.1 Å². The summed E-state index contributed by atoms with van der Waals surface area (Å²) in [5.41, 5.74) is 4.31. The molecule has 1 fully saturated rings. The lowest BCUT2D eigenvalue weighted by Crippen LogP contribution is -2.67. The van der Waals surface area contributed by atoms with Crippen molar-refractivity contribution < 1.29 is 14.6 Å². The van der Waals surface area contributed by atoms with Gasteiger partial charge >= 0.3 is 6.09 Å². The van der Waals surface area contributed by atoms with Crippen molar-refractivity contribution in [3.8, 4) is 0 Å². The number of amides is 1. The highest BCUT2D eigenvalue weighted by Gasteiger charge is 2.52. The number of aliphatic hydroxyl groups excluding tert-OH is 1. The summed E-state index contributed by atoms with van der Waals surface area (Å²) in [6.45, 7) is 7.68. The van der Waals surface area contributed by atoms with Crippen molar-refractivity contribution >= 4 is 6.09 Å². The lowest BCUT2D eigenvalue weighted by atomic mass is 9.60. The summed E-state index contributed by atoms with van der Waals surface area (Å²) in [7, 11) is 0. The van der Waals surface area contributed by atoms with Crippen LogP contribution in [-0.2, 0) is 4.74 Å². The molecule has 4 N–H and O–H groups in total. The highest BCUT2D eigenvalue weighted by molar-refractivity contribution is 5.69. The van der Waals surface area contributed by atoms with Gasteiger partial charge in [-0.15, -0.1) is 0 Å². The fourth-order valence-corrected chi connectivity index (χ4v) is 2.32. The quantitative estimate of drug-likeness (QED) is 0.711. The van der Waals surface area contributed by atoms with Crippen LogP contribution in [-0.4, -0.2) is 35.5 Å². The molecule has 1 unspecified atom stereocenters. The van der Waals surface area contributed by atoms with Gasteiger partial charge in [0.05, 0.1) is 12.1 Å². The van der Waals surface area contributed by atoms with Crippen molar-refractivity contribution in [2.45, 2.75) is 58.1 Å². The summed E-state index contributed by atoms with van der Waals surface area (Å²) >= 11 is 0. The number of aliphatic hydroxyl groups is 1. The van der Waals surface area contributed by atoms with E-state index in [-0.39, 0.29) is 6.61 Å². The summed E-state index contributed by atoms with van der Waals surface area (Å²) in [6, 6.07) is 0. The van der Waals surface area contributed by atoms with Crippen molar-refractivity contribution in [3.05, 3.63) is 0 Å². The van der Waals surface area contributed by atoms with Gasteiger partial charge in [-0.25, -0.2) is 4.79 Å². The molecule has 0 bridgehead atoms. The predicted molar refractivity (Wildman–Crippen MR) is 70.2 cm³/mol. The van der Waals surface area contributed by atoms with Crippen LogP contribution in [0.1, 0.15) is 47.0 Å². The molecule has 0 radical (unpaired) electrons. The fourth-order valence-electron chi connectivity index (χ4n) is 2.32. The Kier molecular flexibility index (Phi) is 4.28. The lowest BCUT2D eigenvalue weighted by Gasteiger charge is -2.53. The molecule has 18 heavy (non-hydrogen) atoms. The number of carbonyl (C=O) groups excluding carboxylic acids is 1. The number of nitrogens with one attached hydrogen (secondary N) is 1. The van der Waals surface area contributed by atoms with E-state index < -0.39 is 22.6 Å². The van der Waals surface area contributed by atoms with Crippen LogP contribution >= 0.6 is 0 Å². The molecule has 0 spiro atoms. The van der Waals surface area contributed by atoms with E-state index in [1.807, 2.05) is 27.7 Å². The van der Waals surface area contributed by atoms with Gasteiger partial charge in [-0.05, 0) is 40.0 Å². The van der Waals surface area contributed by atoms with Crippen LogP contribution in [0.25, 0.3) is 0 Å². The van der Waals surface area contributed by atoms with Gasteiger partial charge in [0.25, 0.3) is 0 Å². The van der Waals surface area contributed by atoms with Crippen molar-refractivity contribution in [1.29, 1.82) is 0 Å². The smallest absolute Gasteiger partial charge is 0.408 e. The molecule has 0 heterocycles. The maximum Gasteiger partial charge on any atom is 0.408 e. The topological polar surface area (TPSA) is 84.6 Å². The fraction of sp³-hybridized carbons (Fsp3) is 0.923. The Hall–Kier alpha value is -0.810. The second-order valence-corrected chi connectivity index (χ2v) is 6.49. The minimum Gasteiger partial charge on any atom is -0.444 e. The lowest BCUT2D eigenvalue weighted by molar-refractivity contribution is -0.0241. The number of ether oxygens (including phenoxy) is 1. The Morgan fingerprint density at radius 2 is 1.94 bits per heavy atom. The van der Waals surface area contributed by atoms with Crippen molar-refractivity contribution in [2.75, 3.05) is 13.2 Å². The standard InChI is InChI=1S/C13H26N2O3/c1-11(2,3)18-10(17)15-13(6-5-7-13)12(4,8-14)9-16/h16H,5-9,14H2,1-4H3,(H,15,17). The van der Waals surface area contributed by atoms with Crippen LogP contribution in [0.5, 0.6) is 0 Å². The number of hydrogen-bond donors (Lipinski definition) is 3. The zero-order chi connectivity index (χ0) is 14.0. The maximum absolute atomic E-state index is 11.9. The second kappa shape index (κ2) is 5.05. The summed E-state index contributed by atoms with van der Waals surface area (Å²) in [4.78, 5) is 11.9. The highest BCUT2D eigenvalue weighted by Crippen LogP contribution is 2.45. The van der Waals surface area contributed by atoms with Gasteiger partial charge in [-0.3, -0.25) is 0 Å². The van der Waals surface area contributed by atoms with E-state index in [1.165, 1.54) is 0 Å². The molecule has 1 aliphatic rings. The third-order valence-electron chi connectivity index (χ3n) is 3.90. The number of carbonyl (C=O) groups is 1. The molecule has 5 nitrogen and oxygen atoms in total. The van der Waals surface area contributed by atoms with Gasteiger partial charge in [0, 0.05) is 12.0 Å². The molecule has 0 aliphatic heterocycles. The van der Waals surface area contributed by atoms with Crippen LogP contribution in [0.15, 0.2) is 0 Å². The Morgan fingerprint density at radius 3 is 2.22 bits per heavy atom. The number of hydrogen-bond acceptors (Lipinski definition) is 4. The molecular formula is C13H26N2O3. The third-order valence-corrected chi connectivity index (χ3v) is 3.90.